The Morgan fingerprint density at radius 3 is 2.36 bits per heavy atom. The number of aromatic nitrogens is 2. The van der Waals surface area contributed by atoms with Crippen molar-refractivity contribution in [2.24, 2.45) is 0 Å². The molecule has 1 saturated heterocycles. The lowest BCUT2D eigenvalue weighted by atomic mass is 10.0. The highest BCUT2D eigenvalue weighted by Crippen LogP contribution is 2.60. The number of aliphatic hydroxyl groups is 4. The van der Waals surface area contributed by atoms with Crippen LogP contribution in [0.15, 0.2) is 29.2 Å². The molecule has 224 valence electrons. The minimum atomic E-state index is -5.39. The van der Waals surface area contributed by atoms with Crippen molar-refractivity contribution < 1.29 is 71.4 Å². The van der Waals surface area contributed by atoms with E-state index in [4.69, 9.17) is 10.5 Å². The van der Waals surface area contributed by atoms with E-state index in [1.165, 1.54) is 6.07 Å². The molecular weight excluding hydrogens is 595 g/mol. The number of nitrogens with two attached hydrogens (primary N) is 1. The van der Waals surface area contributed by atoms with Crippen molar-refractivity contribution in [1.29, 1.82) is 0 Å². The van der Waals surface area contributed by atoms with Crippen molar-refractivity contribution in [2.75, 3.05) is 32.2 Å². The lowest BCUT2D eigenvalue weighted by molar-refractivity contribution is -0.0542. The molecule has 0 saturated carbocycles. The average molecular weight is 625 g/mol. The molecule has 0 aromatic carbocycles. The van der Waals surface area contributed by atoms with Gasteiger partial charge in [0, 0.05) is 13.3 Å². The van der Waals surface area contributed by atoms with Crippen LogP contribution in [-0.2, 0) is 36.3 Å². The fourth-order valence-corrected chi connectivity index (χ4v) is 5.96. The van der Waals surface area contributed by atoms with Crippen LogP contribution in [0.4, 0.5) is 5.82 Å². The molecule has 9 atom stereocenters. The molecule has 1 aromatic heterocycles. The summed E-state index contributed by atoms with van der Waals surface area (Å²) >= 11 is 0. The molecule has 0 bridgehead atoms. The third-order valence-corrected chi connectivity index (χ3v) is 9.29. The van der Waals surface area contributed by atoms with Crippen LogP contribution in [0.3, 0.4) is 0 Å². The summed E-state index contributed by atoms with van der Waals surface area (Å²) in [6.07, 6.45) is -9.53. The minimum absolute atomic E-state index is 0.119. The topological polar surface area (TPSA) is 300 Å². The third-order valence-electron chi connectivity index (χ3n) is 5.29. The average Bonchev–Trinajstić information content (AvgIpc) is 3.12. The quantitative estimate of drug-likeness (QED) is 0.0787. The Labute approximate surface area is 220 Å². The number of phosphoric acid groups is 2. The summed E-state index contributed by atoms with van der Waals surface area (Å²) in [5.41, 5.74) is 4.09. The van der Waals surface area contributed by atoms with E-state index >= 15 is 0 Å². The fraction of sp³-hybridized carbons (Fsp3) is 0.647. The molecule has 6 unspecified atom stereocenters. The van der Waals surface area contributed by atoms with Crippen LogP contribution in [0, 0.1) is 0 Å². The summed E-state index contributed by atoms with van der Waals surface area (Å²) in [5, 5.41) is 40.3. The second-order valence-corrected chi connectivity index (χ2v) is 13.3. The van der Waals surface area contributed by atoms with E-state index in [0.717, 1.165) is 17.9 Å². The molecule has 1 aliphatic heterocycles. The number of hydrogen-bond donors (Lipinski definition) is 8. The molecular formula is C17H30N3O16P3. The molecule has 22 heteroatoms. The number of phosphoric ester groups is 2. The lowest BCUT2D eigenvalue weighted by Crippen LogP contribution is -2.36. The molecule has 39 heavy (non-hydrogen) atoms. The molecule has 2 rings (SSSR count). The predicted molar refractivity (Wildman–Crippen MR) is 129 cm³/mol. The van der Waals surface area contributed by atoms with Gasteiger partial charge in [-0.15, -0.1) is 0 Å². The normalized spacial score (nSPS) is 27.7. The van der Waals surface area contributed by atoms with E-state index in [9.17, 15) is 53.6 Å². The molecule has 0 spiro atoms. The van der Waals surface area contributed by atoms with Gasteiger partial charge in [-0.1, -0.05) is 6.58 Å². The number of anilines is 1. The first-order valence-corrected chi connectivity index (χ1v) is 15.6. The molecule has 1 aromatic rings. The highest BCUT2D eigenvalue weighted by Gasteiger charge is 2.46. The standard InChI is InChI=1S/C17H30N3O16P3/c1-9(10(21)4-6-37(26,27)32-2)11(22)7-33-38(28,29)36-39(30,31)34-8-12-14(23)15(24)16(35-12)20-5-3-13(18)19-17(20)25/h3,5,10-12,14-16,21-24H,1,4,6-8H2,2H3,(H,26,27)(H,28,29)(H,30,31)(H2,18,19,25)/t10?,11-,12-,14?,15?,16-/m1/s1. The minimum Gasteiger partial charge on any atom is -0.389 e. The number of rotatable bonds is 15. The Morgan fingerprint density at radius 2 is 1.77 bits per heavy atom. The van der Waals surface area contributed by atoms with Crippen molar-refractivity contribution in [3.63, 3.8) is 0 Å². The van der Waals surface area contributed by atoms with E-state index in [2.05, 4.69) is 29.4 Å². The van der Waals surface area contributed by atoms with Crippen LogP contribution in [0.1, 0.15) is 12.6 Å². The van der Waals surface area contributed by atoms with Crippen LogP contribution >= 0.6 is 23.2 Å². The summed E-state index contributed by atoms with van der Waals surface area (Å²) < 4.78 is 59.2. The molecule has 9 N–H and O–H groups in total. The first-order chi connectivity index (χ1) is 17.9. The van der Waals surface area contributed by atoms with Crippen molar-refractivity contribution in [3.05, 3.63) is 34.9 Å². The van der Waals surface area contributed by atoms with Gasteiger partial charge in [0.05, 0.1) is 25.5 Å². The largest absolute Gasteiger partial charge is 0.481 e. The van der Waals surface area contributed by atoms with Gasteiger partial charge >= 0.3 is 28.9 Å². The smallest absolute Gasteiger partial charge is 0.389 e. The Morgan fingerprint density at radius 1 is 1.15 bits per heavy atom. The molecule has 0 radical (unpaired) electrons. The number of aliphatic hydroxyl groups excluding tert-OH is 4. The highest BCUT2D eigenvalue weighted by molar-refractivity contribution is 7.61. The van der Waals surface area contributed by atoms with Crippen molar-refractivity contribution in [2.45, 2.75) is 43.2 Å². The molecule has 1 aliphatic rings. The highest BCUT2D eigenvalue weighted by atomic mass is 31.3. The summed E-state index contributed by atoms with van der Waals surface area (Å²) in [4.78, 5) is 44.3. The van der Waals surface area contributed by atoms with E-state index in [-0.39, 0.29) is 17.8 Å². The Bertz CT molecular complexity index is 1210. The molecule has 1 fully saturated rings. The fourth-order valence-electron chi connectivity index (χ4n) is 3.12. The molecule has 0 amide bonds. The lowest BCUT2D eigenvalue weighted by Gasteiger charge is -2.22. The number of ether oxygens (including phenoxy) is 1. The maximum Gasteiger partial charge on any atom is 0.481 e. The number of nitrogens with zero attached hydrogens (tertiary/aromatic N) is 2. The maximum atomic E-state index is 12.1. The monoisotopic (exact) mass is 625 g/mol. The zero-order chi connectivity index (χ0) is 29.8. The van der Waals surface area contributed by atoms with Gasteiger partial charge in [-0.25, -0.2) is 13.9 Å². The van der Waals surface area contributed by atoms with Crippen LogP contribution in [0.25, 0.3) is 0 Å². The van der Waals surface area contributed by atoms with Crippen molar-refractivity contribution in [1.82, 2.24) is 9.55 Å². The number of hydrogen-bond acceptors (Lipinski definition) is 15. The zero-order valence-corrected chi connectivity index (χ0v) is 23.0. The van der Waals surface area contributed by atoms with E-state index < -0.39 is 85.1 Å². The molecule has 19 nitrogen and oxygen atoms in total. The van der Waals surface area contributed by atoms with Gasteiger partial charge in [-0.05, 0) is 18.1 Å². The van der Waals surface area contributed by atoms with Gasteiger partial charge < -0.3 is 50.1 Å². The molecule has 0 aliphatic carbocycles. The second-order valence-electron chi connectivity index (χ2n) is 8.14. The van der Waals surface area contributed by atoms with Crippen LogP contribution in [0.2, 0.25) is 0 Å². The van der Waals surface area contributed by atoms with Crippen molar-refractivity contribution in [3.8, 4) is 0 Å². The van der Waals surface area contributed by atoms with Gasteiger partial charge in [-0.2, -0.15) is 9.29 Å². The van der Waals surface area contributed by atoms with E-state index in [0.29, 0.717) is 0 Å². The summed E-state index contributed by atoms with van der Waals surface area (Å²) in [7, 11) is -13.8. The number of nitrogen functional groups attached to an aromatic ring is 1. The first kappa shape index (κ1) is 33.8. The van der Waals surface area contributed by atoms with Gasteiger partial charge in [-0.3, -0.25) is 18.2 Å². The van der Waals surface area contributed by atoms with Crippen molar-refractivity contribution >= 4 is 29.1 Å². The van der Waals surface area contributed by atoms with Crippen LogP contribution < -0.4 is 11.4 Å². The Kier molecular flexibility index (Phi) is 11.7. The van der Waals surface area contributed by atoms with E-state index in [1.54, 1.807) is 0 Å². The van der Waals surface area contributed by atoms with Crippen LogP contribution in [0.5, 0.6) is 0 Å². The Hall–Kier alpha value is -1.37. The summed E-state index contributed by atoms with van der Waals surface area (Å²) in [6.45, 7) is 1.33. The summed E-state index contributed by atoms with van der Waals surface area (Å²) in [6, 6.07) is 1.21. The van der Waals surface area contributed by atoms with Crippen LogP contribution in [-0.4, -0.2) is 102 Å². The van der Waals surface area contributed by atoms with Gasteiger partial charge in [0.15, 0.2) is 6.23 Å². The SMILES string of the molecule is C=C(C(O)CCP(=O)(O)OC)[C@H](O)COP(=O)(O)OP(=O)(O)OC[C@H]1O[C@@H](n2ccc(N)nc2=O)C(O)C1O. The first-order valence-electron chi connectivity index (χ1n) is 10.8. The second kappa shape index (κ2) is 13.5. The van der Waals surface area contributed by atoms with Gasteiger partial charge in [0.1, 0.15) is 30.2 Å². The Balaban J connectivity index is 1.89. The summed E-state index contributed by atoms with van der Waals surface area (Å²) in [5.74, 6) is -0.119. The predicted octanol–water partition coefficient (Wildman–Crippen LogP) is -1.80. The molecule has 2 heterocycles. The zero-order valence-electron chi connectivity index (χ0n) is 20.3. The van der Waals surface area contributed by atoms with Gasteiger partial charge in [0.25, 0.3) is 0 Å². The van der Waals surface area contributed by atoms with Gasteiger partial charge in [0.2, 0.25) is 0 Å². The van der Waals surface area contributed by atoms with E-state index in [1.807, 2.05) is 0 Å². The maximum absolute atomic E-state index is 12.1. The third kappa shape index (κ3) is 9.89.